The maximum absolute atomic E-state index is 4.30. The SMILES string of the molecule is Cc1ccc(-c2ccc(SCc3ccccn3)nn2)cc1. The minimum atomic E-state index is 0.805. The lowest BCUT2D eigenvalue weighted by Gasteiger charge is -2.03. The summed E-state index contributed by atoms with van der Waals surface area (Å²) in [6, 6.07) is 18.3. The topological polar surface area (TPSA) is 38.7 Å². The molecule has 0 aliphatic carbocycles. The van der Waals surface area contributed by atoms with E-state index in [0.717, 1.165) is 27.7 Å². The van der Waals surface area contributed by atoms with E-state index in [9.17, 15) is 0 Å². The van der Waals surface area contributed by atoms with Crippen LogP contribution in [-0.4, -0.2) is 15.2 Å². The van der Waals surface area contributed by atoms with Crippen LogP contribution in [0.1, 0.15) is 11.3 Å². The van der Waals surface area contributed by atoms with Crippen LogP contribution in [0.4, 0.5) is 0 Å². The van der Waals surface area contributed by atoms with Gasteiger partial charge in [0.1, 0.15) is 5.03 Å². The molecule has 3 rings (SSSR count). The first-order chi connectivity index (χ1) is 10.3. The molecule has 1 aromatic carbocycles. The van der Waals surface area contributed by atoms with Gasteiger partial charge in [0, 0.05) is 17.5 Å². The largest absolute Gasteiger partial charge is 0.260 e. The van der Waals surface area contributed by atoms with Crippen LogP contribution >= 0.6 is 11.8 Å². The normalized spacial score (nSPS) is 10.5. The van der Waals surface area contributed by atoms with Gasteiger partial charge in [0.2, 0.25) is 0 Å². The molecule has 4 heteroatoms. The lowest BCUT2D eigenvalue weighted by atomic mass is 10.1. The van der Waals surface area contributed by atoms with Gasteiger partial charge in [-0.3, -0.25) is 4.98 Å². The van der Waals surface area contributed by atoms with E-state index >= 15 is 0 Å². The van der Waals surface area contributed by atoms with Crippen molar-refractivity contribution < 1.29 is 0 Å². The molecular formula is C17H15N3S. The second-order valence-corrected chi connectivity index (χ2v) is 5.73. The van der Waals surface area contributed by atoms with Crippen LogP contribution in [0.3, 0.4) is 0 Å². The van der Waals surface area contributed by atoms with Crippen molar-refractivity contribution in [3.8, 4) is 11.3 Å². The molecule has 0 amide bonds. The average molecular weight is 293 g/mol. The molecule has 0 bridgehead atoms. The molecule has 3 aromatic rings. The molecule has 0 fully saturated rings. The molecule has 0 aliphatic rings. The van der Waals surface area contributed by atoms with Gasteiger partial charge < -0.3 is 0 Å². The number of aryl methyl sites for hydroxylation is 1. The third kappa shape index (κ3) is 3.67. The molecule has 0 saturated heterocycles. The Balaban J connectivity index is 1.68. The lowest BCUT2D eigenvalue weighted by molar-refractivity contribution is 0.934. The minimum absolute atomic E-state index is 0.805. The molecule has 0 atom stereocenters. The molecule has 0 spiro atoms. The van der Waals surface area contributed by atoms with Gasteiger partial charge in [-0.25, -0.2) is 0 Å². The maximum Gasteiger partial charge on any atom is 0.119 e. The zero-order valence-electron chi connectivity index (χ0n) is 11.7. The molecule has 2 aromatic heterocycles. The molecule has 0 unspecified atom stereocenters. The highest BCUT2D eigenvalue weighted by Gasteiger charge is 2.02. The van der Waals surface area contributed by atoms with Gasteiger partial charge in [0.05, 0.1) is 11.4 Å². The first-order valence-corrected chi connectivity index (χ1v) is 7.73. The van der Waals surface area contributed by atoms with Crippen molar-refractivity contribution in [2.45, 2.75) is 17.7 Å². The third-order valence-corrected chi connectivity index (χ3v) is 4.04. The Kier molecular flexibility index (Phi) is 4.26. The van der Waals surface area contributed by atoms with Crippen molar-refractivity contribution >= 4 is 11.8 Å². The summed E-state index contributed by atoms with van der Waals surface area (Å²) in [4.78, 5) is 4.30. The molecule has 2 heterocycles. The Labute approximate surface area is 128 Å². The Bertz CT molecular complexity index is 694. The van der Waals surface area contributed by atoms with Crippen LogP contribution < -0.4 is 0 Å². The van der Waals surface area contributed by atoms with Crippen molar-refractivity contribution in [1.29, 1.82) is 0 Å². The van der Waals surface area contributed by atoms with Crippen LogP contribution in [0.15, 0.2) is 65.8 Å². The monoisotopic (exact) mass is 293 g/mol. The quantitative estimate of drug-likeness (QED) is 0.678. The molecule has 0 aliphatic heterocycles. The van der Waals surface area contributed by atoms with Crippen molar-refractivity contribution in [3.05, 3.63) is 72.1 Å². The zero-order valence-corrected chi connectivity index (χ0v) is 12.5. The summed E-state index contributed by atoms with van der Waals surface area (Å²) in [6.45, 7) is 2.08. The fraction of sp³-hybridized carbons (Fsp3) is 0.118. The van der Waals surface area contributed by atoms with Gasteiger partial charge in [-0.15, -0.1) is 10.2 Å². The van der Waals surface area contributed by atoms with Crippen LogP contribution in [0.25, 0.3) is 11.3 Å². The highest BCUT2D eigenvalue weighted by molar-refractivity contribution is 7.98. The van der Waals surface area contributed by atoms with E-state index in [2.05, 4.69) is 46.4 Å². The fourth-order valence-corrected chi connectivity index (χ4v) is 2.64. The molecule has 21 heavy (non-hydrogen) atoms. The molecule has 0 N–H and O–H groups in total. The number of hydrogen-bond acceptors (Lipinski definition) is 4. The van der Waals surface area contributed by atoms with Crippen molar-refractivity contribution in [1.82, 2.24) is 15.2 Å². The molecule has 3 nitrogen and oxygen atoms in total. The summed E-state index contributed by atoms with van der Waals surface area (Å²) < 4.78 is 0. The van der Waals surface area contributed by atoms with Gasteiger partial charge in [0.15, 0.2) is 0 Å². The predicted molar refractivity (Wildman–Crippen MR) is 86.0 cm³/mol. The van der Waals surface area contributed by atoms with Crippen LogP contribution in [0.5, 0.6) is 0 Å². The third-order valence-electron chi connectivity index (χ3n) is 3.08. The van der Waals surface area contributed by atoms with Crippen molar-refractivity contribution in [2.75, 3.05) is 0 Å². The maximum atomic E-state index is 4.30. The van der Waals surface area contributed by atoms with Gasteiger partial charge >= 0.3 is 0 Å². The second-order valence-electron chi connectivity index (χ2n) is 4.73. The van der Waals surface area contributed by atoms with E-state index in [1.165, 1.54) is 5.56 Å². The number of aromatic nitrogens is 3. The number of benzene rings is 1. The average Bonchev–Trinajstić information content (AvgIpc) is 2.55. The summed E-state index contributed by atoms with van der Waals surface area (Å²) >= 11 is 1.64. The number of rotatable bonds is 4. The Morgan fingerprint density at radius 1 is 0.905 bits per heavy atom. The fourth-order valence-electron chi connectivity index (χ4n) is 1.91. The molecular weight excluding hydrogens is 278 g/mol. The van der Waals surface area contributed by atoms with Gasteiger partial charge in [-0.2, -0.15) is 0 Å². The molecule has 0 saturated carbocycles. The van der Waals surface area contributed by atoms with E-state index < -0.39 is 0 Å². The first kappa shape index (κ1) is 13.8. The van der Waals surface area contributed by atoms with Crippen LogP contribution in [0.2, 0.25) is 0 Å². The van der Waals surface area contributed by atoms with E-state index in [1.54, 1.807) is 11.8 Å². The standard InChI is InChI=1S/C17H15N3S/c1-13-5-7-14(8-6-13)16-9-10-17(20-19-16)21-12-15-4-2-3-11-18-15/h2-11H,12H2,1H3. The minimum Gasteiger partial charge on any atom is -0.260 e. The number of thioether (sulfide) groups is 1. The number of pyridine rings is 1. The van der Waals surface area contributed by atoms with Crippen LogP contribution in [0, 0.1) is 6.92 Å². The molecule has 0 radical (unpaired) electrons. The van der Waals surface area contributed by atoms with Crippen molar-refractivity contribution in [3.63, 3.8) is 0 Å². The second kappa shape index (κ2) is 6.50. The summed E-state index contributed by atoms with van der Waals surface area (Å²) in [7, 11) is 0. The van der Waals surface area contributed by atoms with Gasteiger partial charge in [-0.05, 0) is 31.2 Å². The van der Waals surface area contributed by atoms with E-state index in [4.69, 9.17) is 0 Å². The summed E-state index contributed by atoms with van der Waals surface area (Å²) in [5.41, 5.74) is 4.28. The Morgan fingerprint density at radius 3 is 2.43 bits per heavy atom. The first-order valence-electron chi connectivity index (χ1n) is 6.75. The zero-order chi connectivity index (χ0) is 14.5. The lowest BCUT2D eigenvalue weighted by Crippen LogP contribution is -1.91. The smallest absolute Gasteiger partial charge is 0.119 e. The van der Waals surface area contributed by atoms with Crippen molar-refractivity contribution in [2.24, 2.45) is 0 Å². The summed E-state index contributed by atoms with van der Waals surface area (Å²) in [5, 5.41) is 9.49. The van der Waals surface area contributed by atoms with E-state index in [1.807, 2.05) is 36.5 Å². The Hall–Kier alpha value is -2.20. The number of nitrogens with zero attached hydrogens (tertiary/aromatic N) is 3. The predicted octanol–water partition coefficient (Wildman–Crippen LogP) is 4.14. The van der Waals surface area contributed by atoms with Gasteiger partial charge in [-0.1, -0.05) is 47.7 Å². The van der Waals surface area contributed by atoms with Crippen LogP contribution in [-0.2, 0) is 5.75 Å². The summed E-state index contributed by atoms with van der Waals surface area (Å²) in [5.74, 6) is 0.805. The highest BCUT2D eigenvalue weighted by atomic mass is 32.2. The van der Waals surface area contributed by atoms with E-state index in [-0.39, 0.29) is 0 Å². The summed E-state index contributed by atoms with van der Waals surface area (Å²) in [6.07, 6.45) is 1.81. The highest BCUT2D eigenvalue weighted by Crippen LogP contribution is 2.22. The van der Waals surface area contributed by atoms with E-state index in [0.29, 0.717) is 0 Å². The number of hydrogen-bond donors (Lipinski definition) is 0. The van der Waals surface area contributed by atoms with Gasteiger partial charge in [0.25, 0.3) is 0 Å². The molecule has 104 valence electrons. The Morgan fingerprint density at radius 2 is 1.76 bits per heavy atom.